The zero-order valence-corrected chi connectivity index (χ0v) is 12.4. The van der Waals surface area contributed by atoms with E-state index in [1.807, 2.05) is 19.1 Å². The summed E-state index contributed by atoms with van der Waals surface area (Å²) in [7, 11) is 1.69. The lowest BCUT2D eigenvalue weighted by Crippen LogP contribution is -2.41. The molecule has 0 aliphatic rings. The Labute approximate surface area is 123 Å². The van der Waals surface area contributed by atoms with Crippen molar-refractivity contribution in [1.82, 2.24) is 9.80 Å². The summed E-state index contributed by atoms with van der Waals surface area (Å²) in [6, 6.07) is 7.12. The number of aliphatic carboxylic acids is 1. The van der Waals surface area contributed by atoms with Gasteiger partial charge in [-0.2, -0.15) is 0 Å². The van der Waals surface area contributed by atoms with E-state index in [1.54, 1.807) is 24.1 Å². The number of carbonyl (C=O) groups excluding carboxylic acids is 1. The Bertz CT molecular complexity index is 479. The van der Waals surface area contributed by atoms with Gasteiger partial charge < -0.3 is 14.9 Å². The predicted molar refractivity (Wildman–Crippen MR) is 77.8 cm³/mol. The van der Waals surface area contributed by atoms with Crippen molar-refractivity contribution in [2.24, 2.45) is 0 Å². The third-order valence-corrected chi connectivity index (χ3v) is 3.12. The number of amides is 2. The average molecular weight is 299 g/mol. The summed E-state index contributed by atoms with van der Waals surface area (Å²) in [5.74, 6) is -0.909. The van der Waals surface area contributed by atoms with Crippen LogP contribution in [0.2, 0.25) is 5.02 Å². The van der Waals surface area contributed by atoms with Gasteiger partial charge in [0.05, 0.1) is 6.42 Å². The number of carbonyl (C=O) groups is 2. The maximum absolute atomic E-state index is 12.2. The topological polar surface area (TPSA) is 60.9 Å². The molecule has 2 amide bonds. The molecule has 1 N–H and O–H groups in total. The molecule has 0 aliphatic heterocycles. The second kappa shape index (κ2) is 7.75. The minimum absolute atomic E-state index is 0.0510. The van der Waals surface area contributed by atoms with Crippen LogP contribution in [0.25, 0.3) is 0 Å². The summed E-state index contributed by atoms with van der Waals surface area (Å²) in [6.45, 7) is 2.95. The Kier molecular flexibility index (Phi) is 6.31. The first-order valence-corrected chi connectivity index (χ1v) is 6.78. The van der Waals surface area contributed by atoms with Gasteiger partial charge in [0.2, 0.25) is 0 Å². The van der Waals surface area contributed by atoms with Crippen molar-refractivity contribution in [3.63, 3.8) is 0 Å². The zero-order chi connectivity index (χ0) is 15.1. The number of rotatable bonds is 6. The van der Waals surface area contributed by atoms with E-state index in [-0.39, 0.29) is 19.0 Å². The quantitative estimate of drug-likeness (QED) is 0.878. The van der Waals surface area contributed by atoms with E-state index >= 15 is 0 Å². The van der Waals surface area contributed by atoms with Gasteiger partial charge in [-0.1, -0.05) is 23.7 Å². The largest absolute Gasteiger partial charge is 0.481 e. The maximum Gasteiger partial charge on any atom is 0.320 e. The fourth-order valence-corrected chi connectivity index (χ4v) is 2.05. The van der Waals surface area contributed by atoms with E-state index in [0.29, 0.717) is 18.1 Å². The summed E-state index contributed by atoms with van der Waals surface area (Å²) < 4.78 is 0. The van der Waals surface area contributed by atoms with Gasteiger partial charge in [-0.15, -0.1) is 0 Å². The highest BCUT2D eigenvalue weighted by atomic mass is 35.5. The number of urea groups is 1. The molecular weight excluding hydrogens is 280 g/mol. The predicted octanol–water partition coefficient (Wildman–Crippen LogP) is 2.69. The monoisotopic (exact) mass is 298 g/mol. The van der Waals surface area contributed by atoms with E-state index in [0.717, 1.165) is 5.56 Å². The molecule has 6 heteroatoms. The summed E-state index contributed by atoms with van der Waals surface area (Å²) in [6.07, 6.45) is -0.0510. The number of nitrogens with zero attached hydrogens (tertiary/aromatic N) is 2. The van der Waals surface area contributed by atoms with E-state index in [4.69, 9.17) is 16.7 Å². The first kappa shape index (κ1) is 16.3. The molecule has 0 fully saturated rings. The number of halogens is 1. The van der Waals surface area contributed by atoms with Crippen LogP contribution in [0.5, 0.6) is 0 Å². The molecule has 0 aromatic heterocycles. The molecule has 0 aliphatic carbocycles. The molecule has 0 spiro atoms. The smallest absolute Gasteiger partial charge is 0.320 e. The van der Waals surface area contributed by atoms with E-state index < -0.39 is 5.97 Å². The van der Waals surface area contributed by atoms with Crippen molar-refractivity contribution in [1.29, 1.82) is 0 Å². The summed E-state index contributed by atoms with van der Waals surface area (Å²) in [5.41, 5.74) is 0.933. The molecule has 0 saturated carbocycles. The lowest BCUT2D eigenvalue weighted by Gasteiger charge is -2.27. The first-order chi connectivity index (χ1) is 9.43. The maximum atomic E-state index is 12.2. The number of carboxylic acids is 1. The highest BCUT2D eigenvalue weighted by Crippen LogP contribution is 2.13. The Hall–Kier alpha value is -1.75. The van der Waals surface area contributed by atoms with Crippen LogP contribution in [0.1, 0.15) is 18.9 Å². The van der Waals surface area contributed by atoms with Crippen molar-refractivity contribution in [2.75, 3.05) is 20.1 Å². The molecule has 0 heterocycles. The van der Waals surface area contributed by atoms with Crippen molar-refractivity contribution in [3.8, 4) is 0 Å². The van der Waals surface area contributed by atoms with Crippen molar-refractivity contribution < 1.29 is 14.7 Å². The Balaban J connectivity index is 2.62. The Morgan fingerprint density at radius 2 is 2.05 bits per heavy atom. The van der Waals surface area contributed by atoms with E-state index in [2.05, 4.69) is 0 Å². The lowest BCUT2D eigenvalue weighted by molar-refractivity contribution is -0.137. The molecule has 1 rings (SSSR count). The molecule has 5 nitrogen and oxygen atoms in total. The van der Waals surface area contributed by atoms with Gasteiger partial charge in [0.25, 0.3) is 0 Å². The molecule has 1 aromatic rings. The van der Waals surface area contributed by atoms with Gasteiger partial charge >= 0.3 is 12.0 Å². The highest BCUT2D eigenvalue weighted by molar-refractivity contribution is 6.30. The fourth-order valence-electron chi connectivity index (χ4n) is 1.84. The number of carboxylic acid groups (broad SMARTS) is 1. The Morgan fingerprint density at radius 3 is 2.60 bits per heavy atom. The van der Waals surface area contributed by atoms with Gasteiger partial charge in [-0.25, -0.2) is 4.79 Å². The first-order valence-electron chi connectivity index (χ1n) is 6.40. The molecule has 20 heavy (non-hydrogen) atoms. The summed E-state index contributed by atoms with van der Waals surface area (Å²) in [5, 5.41) is 9.30. The minimum Gasteiger partial charge on any atom is -0.481 e. The van der Waals surface area contributed by atoms with Crippen molar-refractivity contribution in [2.45, 2.75) is 19.9 Å². The van der Waals surface area contributed by atoms with Crippen LogP contribution >= 0.6 is 11.6 Å². The third kappa shape index (κ3) is 5.09. The molecular formula is C14H19ClN2O3. The minimum atomic E-state index is -0.909. The third-order valence-electron chi connectivity index (χ3n) is 2.88. The SMILES string of the molecule is CCN(CCC(=O)O)C(=O)N(C)Cc1cccc(Cl)c1. The standard InChI is InChI=1S/C14H19ClN2O3/c1-3-17(8-7-13(18)19)14(20)16(2)10-11-5-4-6-12(15)9-11/h4-6,9H,3,7-8,10H2,1-2H3,(H,18,19). The van der Waals surface area contributed by atoms with Crippen LogP contribution in [-0.2, 0) is 11.3 Å². The summed E-state index contributed by atoms with van der Waals surface area (Å²) in [4.78, 5) is 25.8. The van der Waals surface area contributed by atoms with Crippen molar-refractivity contribution >= 4 is 23.6 Å². The van der Waals surface area contributed by atoms with Gasteiger partial charge in [-0.05, 0) is 24.6 Å². The molecule has 0 radical (unpaired) electrons. The molecule has 0 saturated heterocycles. The second-order valence-electron chi connectivity index (χ2n) is 4.49. The van der Waals surface area contributed by atoms with Gasteiger partial charge in [0.15, 0.2) is 0 Å². The van der Waals surface area contributed by atoms with Gasteiger partial charge in [0.1, 0.15) is 0 Å². The van der Waals surface area contributed by atoms with Gasteiger partial charge in [-0.3, -0.25) is 4.79 Å². The Morgan fingerprint density at radius 1 is 1.35 bits per heavy atom. The number of hydrogen-bond donors (Lipinski definition) is 1. The highest BCUT2D eigenvalue weighted by Gasteiger charge is 2.17. The normalized spacial score (nSPS) is 10.2. The molecule has 1 aromatic carbocycles. The second-order valence-corrected chi connectivity index (χ2v) is 4.93. The molecule has 0 bridgehead atoms. The fraction of sp³-hybridized carbons (Fsp3) is 0.429. The van der Waals surface area contributed by atoms with Crippen LogP contribution in [0.15, 0.2) is 24.3 Å². The van der Waals surface area contributed by atoms with E-state index in [1.165, 1.54) is 4.90 Å². The van der Waals surface area contributed by atoms with Crippen LogP contribution in [0.3, 0.4) is 0 Å². The number of benzene rings is 1. The van der Waals surface area contributed by atoms with Crippen LogP contribution in [-0.4, -0.2) is 47.0 Å². The van der Waals surface area contributed by atoms with Crippen LogP contribution in [0.4, 0.5) is 4.79 Å². The summed E-state index contributed by atoms with van der Waals surface area (Å²) >= 11 is 5.90. The van der Waals surface area contributed by atoms with Crippen LogP contribution < -0.4 is 0 Å². The van der Waals surface area contributed by atoms with E-state index in [9.17, 15) is 9.59 Å². The molecule has 0 unspecified atom stereocenters. The van der Waals surface area contributed by atoms with Crippen LogP contribution in [0, 0.1) is 0 Å². The number of hydrogen-bond acceptors (Lipinski definition) is 2. The molecule has 0 atom stereocenters. The lowest BCUT2D eigenvalue weighted by atomic mass is 10.2. The average Bonchev–Trinajstić information content (AvgIpc) is 2.38. The van der Waals surface area contributed by atoms with Gasteiger partial charge in [0, 0.05) is 31.7 Å². The molecule has 110 valence electrons. The van der Waals surface area contributed by atoms with Crippen molar-refractivity contribution in [3.05, 3.63) is 34.9 Å². The zero-order valence-electron chi connectivity index (χ0n) is 11.7.